The molecule has 3 rings (SSSR count). The van der Waals surface area contributed by atoms with Crippen LogP contribution >= 0.6 is 0 Å². The largest absolute Gasteiger partial charge is 0.493 e. The molecule has 2 heterocycles. The van der Waals surface area contributed by atoms with Gasteiger partial charge in [0, 0.05) is 19.5 Å². The molecule has 1 atom stereocenters. The molecule has 0 aliphatic carbocycles. The van der Waals surface area contributed by atoms with Gasteiger partial charge in [0.1, 0.15) is 5.75 Å². The van der Waals surface area contributed by atoms with Crippen LogP contribution in [-0.2, 0) is 13.0 Å². The molecule has 22 heavy (non-hydrogen) atoms. The van der Waals surface area contributed by atoms with Crippen molar-refractivity contribution in [3.8, 4) is 5.75 Å². The maximum absolute atomic E-state index is 12.3. The lowest BCUT2D eigenvalue weighted by Crippen LogP contribution is -2.33. The highest BCUT2D eigenvalue weighted by molar-refractivity contribution is 5.39. The van der Waals surface area contributed by atoms with Crippen molar-refractivity contribution in [2.24, 2.45) is 5.92 Å². The predicted molar refractivity (Wildman–Crippen MR) is 77.9 cm³/mol. The van der Waals surface area contributed by atoms with Crippen molar-refractivity contribution in [3.63, 3.8) is 0 Å². The highest BCUT2D eigenvalue weighted by Gasteiger charge is 2.34. The first-order chi connectivity index (χ1) is 10.5. The number of fused-ring (bicyclic) bond motifs is 1. The normalized spacial score (nSPS) is 21.9. The van der Waals surface area contributed by atoms with Crippen molar-refractivity contribution < 1.29 is 17.9 Å². The lowest BCUT2D eigenvalue weighted by molar-refractivity contribution is -0.143. The molecule has 2 aliphatic heterocycles. The minimum absolute atomic E-state index is 0.306. The topological polar surface area (TPSA) is 24.5 Å². The minimum atomic E-state index is -4.09. The van der Waals surface area contributed by atoms with Gasteiger partial charge in [-0.3, -0.25) is 4.90 Å². The first-order valence-electron chi connectivity index (χ1n) is 7.74. The van der Waals surface area contributed by atoms with Gasteiger partial charge < -0.3 is 10.1 Å². The molecule has 1 fully saturated rings. The zero-order chi connectivity index (χ0) is 15.6. The van der Waals surface area contributed by atoms with E-state index in [-0.39, 0.29) is 0 Å². The van der Waals surface area contributed by atoms with E-state index in [1.54, 1.807) is 0 Å². The van der Waals surface area contributed by atoms with Gasteiger partial charge in [-0.15, -0.1) is 0 Å². The smallest absolute Gasteiger partial charge is 0.401 e. The van der Waals surface area contributed by atoms with Crippen molar-refractivity contribution in [2.75, 3.05) is 32.8 Å². The quantitative estimate of drug-likeness (QED) is 0.904. The van der Waals surface area contributed by atoms with E-state index in [1.807, 2.05) is 12.1 Å². The van der Waals surface area contributed by atoms with Crippen LogP contribution in [-0.4, -0.2) is 43.9 Å². The average Bonchev–Trinajstić information content (AvgIpc) is 3.05. The summed E-state index contributed by atoms with van der Waals surface area (Å²) in [6, 6.07) is 6.20. The van der Waals surface area contributed by atoms with E-state index in [2.05, 4.69) is 11.4 Å². The molecule has 6 heteroatoms. The zero-order valence-electron chi connectivity index (χ0n) is 12.5. The van der Waals surface area contributed by atoms with Gasteiger partial charge in [-0.05, 0) is 42.6 Å². The summed E-state index contributed by atoms with van der Waals surface area (Å²) in [7, 11) is 0. The van der Waals surface area contributed by atoms with Gasteiger partial charge in [-0.25, -0.2) is 0 Å². The molecule has 0 aromatic heterocycles. The number of alkyl halides is 3. The van der Waals surface area contributed by atoms with Gasteiger partial charge in [0.05, 0.1) is 13.2 Å². The summed E-state index contributed by atoms with van der Waals surface area (Å²) in [5.41, 5.74) is 2.45. The number of hydrogen-bond acceptors (Lipinski definition) is 3. The lowest BCUT2D eigenvalue weighted by Gasteiger charge is -2.18. The van der Waals surface area contributed by atoms with Crippen molar-refractivity contribution >= 4 is 0 Å². The molecular formula is C16H21F3N2O. The molecule has 1 saturated heterocycles. The highest BCUT2D eigenvalue weighted by Crippen LogP contribution is 2.26. The monoisotopic (exact) mass is 314 g/mol. The molecule has 1 unspecified atom stereocenters. The molecule has 1 N–H and O–H groups in total. The number of nitrogens with zero attached hydrogens (tertiary/aromatic N) is 1. The van der Waals surface area contributed by atoms with E-state index in [0.717, 1.165) is 38.3 Å². The first-order valence-corrected chi connectivity index (χ1v) is 7.74. The van der Waals surface area contributed by atoms with Gasteiger partial charge >= 0.3 is 6.18 Å². The fourth-order valence-electron chi connectivity index (χ4n) is 3.25. The van der Waals surface area contributed by atoms with Crippen LogP contribution < -0.4 is 10.1 Å². The standard InChI is InChI=1S/C16H21F3N2O/c17-16(18,19)11-21-5-3-13(10-21)9-20-8-12-1-2-15-14(7-12)4-6-22-15/h1-2,7,13,20H,3-6,8-11H2. The molecule has 0 amide bonds. The number of hydrogen-bond donors (Lipinski definition) is 1. The van der Waals surface area contributed by atoms with Gasteiger partial charge in [-0.2, -0.15) is 13.2 Å². The van der Waals surface area contributed by atoms with Gasteiger partial charge in [0.15, 0.2) is 0 Å². The van der Waals surface area contributed by atoms with Crippen LogP contribution in [0, 0.1) is 5.92 Å². The molecule has 122 valence electrons. The number of rotatable bonds is 5. The Kier molecular flexibility index (Phi) is 4.59. The Bertz CT molecular complexity index is 519. The second-order valence-corrected chi connectivity index (χ2v) is 6.18. The van der Waals surface area contributed by atoms with Crippen LogP contribution in [0.5, 0.6) is 5.75 Å². The van der Waals surface area contributed by atoms with Crippen LogP contribution in [0.25, 0.3) is 0 Å². The van der Waals surface area contributed by atoms with E-state index < -0.39 is 12.7 Å². The Balaban J connectivity index is 1.40. The van der Waals surface area contributed by atoms with Crippen LogP contribution in [0.3, 0.4) is 0 Å². The second-order valence-electron chi connectivity index (χ2n) is 6.18. The van der Waals surface area contributed by atoms with E-state index in [1.165, 1.54) is 16.0 Å². The van der Waals surface area contributed by atoms with Crippen LogP contribution in [0.4, 0.5) is 13.2 Å². The fraction of sp³-hybridized carbons (Fsp3) is 0.625. The Labute approximate surface area is 128 Å². The number of nitrogens with one attached hydrogen (secondary N) is 1. The second kappa shape index (κ2) is 6.46. The van der Waals surface area contributed by atoms with Crippen molar-refractivity contribution in [2.45, 2.75) is 25.6 Å². The van der Waals surface area contributed by atoms with Crippen molar-refractivity contribution in [3.05, 3.63) is 29.3 Å². The lowest BCUT2D eigenvalue weighted by atomic mass is 10.1. The van der Waals surface area contributed by atoms with Crippen LogP contribution in [0.15, 0.2) is 18.2 Å². The third kappa shape index (κ3) is 4.14. The highest BCUT2D eigenvalue weighted by atomic mass is 19.4. The molecule has 0 spiro atoms. The number of likely N-dealkylation sites (tertiary alicyclic amines) is 1. The minimum Gasteiger partial charge on any atom is -0.493 e. The molecule has 0 bridgehead atoms. The summed E-state index contributed by atoms with van der Waals surface area (Å²) in [4.78, 5) is 1.50. The van der Waals surface area contributed by atoms with Gasteiger partial charge in [-0.1, -0.05) is 12.1 Å². The molecule has 3 nitrogen and oxygen atoms in total. The van der Waals surface area contributed by atoms with Crippen LogP contribution in [0.2, 0.25) is 0 Å². The van der Waals surface area contributed by atoms with Gasteiger partial charge in [0.2, 0.25) is 0 Å². The van der Waals surface area contributed by atoms with E-state index >= 15 is 0 Å². The predicted octanol–water partition coefficient (Wildman–Crippen LogP) is 2.60. The first kappa shape index (κ1) is 15.6. The summed E-state index contributed by atoms with van der Waals surface area (Å²) >= 11 is 0. The number of halogens is 3. The number of ether oxygens (including phenoxy) is 1. The Morgan fingerprint density at radius 2 is 2.18 bits per heavy atom. The summed E-state index contributed by atoms with van der Waals surface area (Å²) in [6.07, 6.45) is -2.30. The molecule has 0 saturated carbocycles. The van der Waals surface area contributed by atoms with Gasteiger partial charge in [0.25, 0.3) is 0 Å². The SMILES string of the molecule is FC(F)(F)CN1CCC(CNCc2ccc3c(c2)CCO3)C1. The summed E-state index contributed by atoms with van der Waals surface area (Å²) in [5, 5.41) is 3.37. The Morgan fingerprint density at radius 3 is 3.00 bits per heavy atom. The third-order valence-corrected chi connectivity index (χ3v) is 4.29. The fourth-order valence-corrected chi connectivity index (χ4v) is 3.25. The Morgan fingerprint density at radius 1 is 1.32 bits per heavy atom. The zero-order valence-corrected chi connectivity index (χ0v) is 12.5. The molecule has 1 aromatic carbocycles. The maximum atomic E-state index is 12.3. The average molecular weight is 314 g/mol. The van der Waals surface area contributed by atoms with Crippen molar-refractivity contribution in [1.29, 1.82) is 0 Å². The maximum Gasteiger partial charge on any atom is 0.401 e. The summed E-state index contributed by atoms with van der Waals surface area (Å²) < 4.78 is 42.5. The summed E-state index contributed by atoms with van der Waals surface area (Å²) in [6.45, 7) is 2.56. The molecule has 1 aromatic rings. The molecule has 0 radical (unpaired) electrons. The molecular weight excluding hydrogens is 293 g/mol. The summed E-state index contributed by atoms with van der Waals surface area (Å²) in [5.74, 6) is 1.28. The van der Waals surface area contributed by atoms with E-state index in [0.29, 0.717) is 19.0 Å². The third-order valence-electron chi connectivity index (χ3n) is 4.29. The van der Waals surface area contributed by atoms with E-state index in [4.69, 9.17) is 4.74 Å². The van der Waals surface area contributed by atoms with Crippen molar-refractivity contribution in [1.82, 2.24) is 10.2 Å². The van der Waals surface area contributed by atoms with E-state index in [9.17, 15) is 13.2 Å². The van der Waals surface area contributed by atoms with Crippen LogP contribution in [0.1, 0.15) is 17.5 Å². The Hall–Kier alpha value is -1.27. The number of benzene rings is 1. The molecule has 2 aliphatic rings.